The average Bonchev–Trinajstić information content (AvgIpc) is 2.67. The van der Waals surface area contributed by atoms with Crippen molar-refractivity contribution in [2.75, 3.05) is 31.2 Å². The van der Waals surface area contributed by atoms with Gasteiger partial charge in [-0.3, -0.25) is 0 Å². The number of fused-ring (bicyclic) bond motifs is 3. The number of nitrogens with zero attached hydrogens (tertiary/aromatic N) is 4. The largest absolute Gasteiger partial charge is 0.352 e. The lowest BCUT2D eigenvalue weighted by molar-refractivity contribution is 0.356. The van der Waals surface area contributed by atoms with Crippen LogP contribution in [-0.2, 0) is 6.42 Å². The predicted octanol–water partition coefficient (Wildman–Crippen LogP) is 3.57. The van der Waals surface area contributed by atoms with Gasteiger partial charge in [0.05, 0.1) is 11.4 Å². The minimum Gasteiger partial charge on any atom is -0.352 e. The van der Waals surface area contributed by atoms with E-state index in [1.165, 1.54) is 5.56 Å². The van der Waals surface area contributed by atoms with Gasteiger partial charge in [-0.1, -0.05) is 25.4 Å². The Morgan fingerprint density at radius 2 is 2.04 bits per heavy atom. The third-order valence-electron chi connectivity index (χ3n) is 5.05. The Kier molecular flexibility index (Phi) is 4.52. The summed E-state index contributed by atoms with van der Waals surface area (Å²) in [6.07, 6.45) is 6.26. The van der Waals surface area contributed by atoms with Gasteiger partial charge in [0.15, 0.2) is 5.84 Å². The number of nitrogens with one attached hydrogen (secondary N) is 1. The summed E-state index contributed by atoms with van der Waals surface area (Å²) in [4.78, 5) is 7.48. The van der Waals surface area contributed by atoms with Crippen molar-refractivity contribution in [1.82, 2.24) is 10.2 Å². The maximum absolute atomic E-state index is 6.37. The molecule has 3 aliphatic heterocycles. The fraction of sp³-hybridized carbons (Fsp3) is 0.474. The molecule has 1 fully saturated rings. The van der Waals surface area contributed by atoms with Crippen molar-refractivity contribution >= 4 is 35.0 Å². The van der Waals surface area contributed by atoms with E-state index >= 15 is 0 Å². The van der Waals surface area contributed by atoms with Gasteiger partial charge < -0.3 is 10.2 Å². The van der Waals surface area contributed by atoms with Crippen LogP contribution in [0.1, 0.15) is 25.8 Å². The standard InChI is InChI=1S/C19H24ClN5/c1-3-13-9-17-19(24-7-5-21-6-8-24)23-18-14(4-2)10-15(20)11-16(18)25(17)22-12-13/h9-13,21H,3-8H2,1-2H3. The summed E-state index contributed by atoms with van der Waals surface area (Å²) in [5, 5.41) is 10.9. The highest BCUT2D eigenvalue weighted by molar-refractivity contribution is 6.31. The van der Waals surface area contributed by atoms with Crippen LogP contribution in [0, 0.1) is 5.92 Å². The maximum atomic E-state index is 6.37. The Bertz CT molecular complexity index is 761. The quantitative estimate of drug-likeness (QED) is 0.880. The number of amidine groups is 1. The van der Waals surface area contributed by atoms with Crippen molar-refractivity contribution in [3.63, 3.8) is 0 Å². The van der Waals surface area contributed by atoms with E-state index < -0.39 is 0 Å². The predicted molar refractivity (Wildman–Crippen MR) is 105 cm³/mol. The Morgan fingerprint density at radius 1 is 1.24 bits per heavy atom. The van der Waals surface area contributed by atoms with Gasteiger partial charge in [0, 0.05) is 43.3 Å². The van der Waals surface area contributed by atoms with Gasteiger partial charge in [-0.2, -0.15) is 5.10 Å². The monoisotopic (exact) mass is 357 g/mol. The smallest absolute Gasteiger partial charge is 0.155 e. The van der Waals surface area contributed by atoms with Gasteiger partial charge in [0.2, 0.25) is 0 Å². The molecule has 132 valence electrons. The molecule has 0 saturated carbocycles. The molecule has 0 amide bonds. The number of allylic oxidation sites excluding steroid dienone is 1. The van der Waals surface area contributed by atoms with Crippen LogP contribution in [0.4, 0.5) is 11.4 Å². The van der Waals surface area contributed by atoms with Gasteiger partial charge in [-0.15, -0.1) is 0 Å². The zero-order valence-corrected chi connectivity index (χ0v) is 15.6. The number of benzene rings is 1. The first-order chi connectivity index (χ1) is 12.2. The molecule has 1 aromatic carbocycles. The summed E-state index contributed by atoms with van der Waals surface area (Å²) in [5.41, 5.74) is 4.25. The topological polar surface area (TPSA) is 43.2 Å². The van der Waals surface area contributed by atoms with Crippen molar-refractivity contribution in [3.05, 3.63) is 34.5 Å². The number of rotatable bonds is 2. The third-order valence-corrected chi connectivity index (χ3v) is 5.27. The van der Waals surface area contributed by atoms with Gasteiger partial charge >= 0.3 is 0 Å². The van der Waals surface area contributed by atoms with Crippen LogP contribution in [0.25, 0.3) is 0 Å². The highest BCUT2D eigenvalue weighted by Crippen LogP contribution is 2.43. The van der Waals surface area contributed by atoms with Crippen molar-refractivity contribution in [3.8, 4) is 0 Å². The van der Waals surface area contributed by atoms with E-state index in [1.807, 2.05) is 23.4 Å². The summed E-state index contributed by atoms with van der Waals surface area (Å²) in [6.45, 7) is 8.24. The van der Waals surface area contributed by atoms with Crippen molar-refractivity contribution < 1.29 is 0 Å². The van der Waals surface area contributed by atoms with Crippen LogP contribution in [-0.4, -0.2) is 43.1 Å². The molecular weight excluding hydrogens is 334 g/mol. The van der Waals surface area contributed by atoms with Gasteiger partial charge in [0.1, 0.15) is 5.70 Å². The number of halogens is 1. The van der Waals surface area contributed by atoms with Gasteiger partial charge in [-0.05, 0) is 36.6 Å². The minimum absolute atomic E-state index is 0.353. The lowest BCUT2D eigenvalue weighted by atomic mass is 10.0. The molecule has 4 rings (SSSR count). The van der Waals surface area contributed by atoms with E-state index in [1.54, 1.807) is 0 Å². The number of hydrazone groups is 1. The second-order valence-corrected chi connectivity index (χ2v) is 7.10. The molecular formula is C19H24ClN5. The second-order valence-electron chi connectivity index (χ2n) is 6.66. The fourth-order valence-electron chi connectivity index (χ4n) is 3.59. The molecule has 1 atom stereocenters. The number of anilines is 1. The van der Waals surface area contributed by atoms with Crippen LogP contribution in [0.15, 0.2) is 34.0 Å². The molecule has 0 spiro atoms. The van der Waals surface area contributed by atoms with E-state index in [-0.39, 0.29) is 0 Å². The normalized spacial score (nSPS) is 22.3. The Hall–Kier alpha value is -1.85. The number of piperazine rings is 1. The van der Waals surface area contributed by atoms with Crippen molar-refractivity contribution in [2.24, 2.45) is 16.0 Å². The number of hydrogen-bond acceptors (Lipinski definition) is 5. The molecule has 6 heteroatoms. The van der Waals surface area contributed by atoms with Crippen molar-refractivity contribution in [1.29, 1.82) is 0 Å². The van der Waals surface area contributed by atoms with E-state index in [0.717, 1.165) is 67.0 Å². The number of hydrogen-bond donors (Lipinski definition) is 1. The third kappa shape index (κ3) is 2.96. The highest BCUT2D eigenvalue weighted by Gasteiger charge is 2.32. The van der Waals surface area contributed by atoms with Crippen LogP contribution in [0.2, 0.25) is 5.02 Å². The molecule has 25 heavy (non-hydrogen) atoms. The first kappa shape index (κ1) is 16.6. The molecule has 1 N–H and O–H groups in total. The van der Waals surface area contributed by atoms with E-state index in [9.17, 15) is 0 Å². The number of aliphatic imine (C=N–C) groups is 1. The van der Waals surface area contributed by atoms with E-state index in [4.69, 9.17) is 21.7 Å². The minimum atomic E-state index is 0.353. The average molecular weight is 358 g/mol. The fourth-order valence-corrected chi connectivity index (χ4v) is 3.82. The second kappa shape index (κ2) is 6.81. The molecule has 3 aliphatic rings. The maximum Gasteiger partial charge on any atom is 0.155 e. The molecule has 1 aromatic rings. The first-order valence-corrected chi connectivity index (χ1v) is 9.52. The molecule has 0 aromatic heterocycles. The SMILES string of the molecule is CCc1cc(Cl)cc2c1N=C(N1CCNCC1)C1=CC(CC)C=NN12. The Morgan fingerprint density at radius 3 is 2.76 bits per heavy atom. The summed E-state index contributed by atoms with van der Waals surface area (Å²) < 4.78 is 0. The van der Waals surface area contributed by atoms with Crippen molar-refractivity contribution in [2.45, 2.75) is 26.7 Å². The van der Waals surface area contributed by atoms with E-state index in [0.29, 0.717) is 5.92 Å². The van der Waals surface area contributed by atoms with Crippen LogP contribution in [0.3, 0.4) is 0 Å². The number of aryl methyl sites for hydroxylation is 1. The molecule has 3 heterocycles. The van der Waals surface area contributed by atoms with Crippen LogP contribution >= 0.6 is 11.6 Å². The molecule has 0 radical (unpaired) electrons. The van der Waals surface area contributed by atoms with Crippen LogP contribution < -0.4 is 10.3 Å². The molecule has 1 unspecified atom stereocenters. The summed E-state index contributed by atoms with van der Waals surface area (Å²) in [7, 11) is 0. The summed E-state index contributed by atoms with van der Waals surface area (Å²) >= 11 is 6.37. The summed E-state index contributed by atoms with van der Waals surface area (Å²) in [5.74, 6) is 1.40. The molecule has 5 nitrogen and oxygen atoms in total. The molecule has 1 saturated heterocycles. The summed E-state index contributed by atoms with van der Waals surface area (Å²) in [6, 6.07) is 4.00. The Labute approximate surface area is 154 Å². The van der Waals surface area contributed by atoms with Gasteiger partial charge in [0.25, 0.3) is 0 Å². The van der Waals surface area contributed by atoms with Crippen LogP contribution in [0.5, 0.6) is 0 Å². The lowest BCUT2D eigenvalue weighted by Crippen LogP contribution is -2.49. The van der Waals surface area contributed by atoms with Gasteiger partial charge in [-0.25, -0.2) is 10.0 Å². The molecule has 0 bridgehead atoms. The zero-order chi connectivity index (χ0) is 17.4. The Balaban J connectivity index is 1.87. The highest BCUT2D eigenvalue weighted by atomic mass is 35.5. The first-order valence-electron chi connectivity index (χ1n) is 9.14. The zero-order valence-electron chi connectivity index (χ0n) is 14.8. The van der Waals surface area contributed by atoms with E-state index in [2.05, 4.69) is 30.1 Å². The lowest BCUT2D eigenvalue weighted by Gasteiger charge is -2.39. The molecule has 0 aliphatic carbocycles.